The number of aromatic nitrogens is 1. The van der Waals surface area contributed by atoms with Crippen molar-refractivity contribution in [2.75, 3.05) is 0 Å². The molecule has 0 unspecified atom stereocenters. The number of nitrogens with zero attached hydrogens (tertiary/aromatic N) is 1. The van der Waals surface area contributed by atoms with Gasteiger partial charge >= 0.3 is 0 Å². The Bertz CT molecular complexity index is 337. The third-order valence-electron chi connectivity index (χ3n) is 3.30. The highest BCUT2D eigenvalue weighted by molar-refractivity contribution is 5.21. The van der Waals surface area contributed by atoms with Crippen LogP contribution in [-0.2, 0) is 12.0 Å². The van der Waals surface area contributed by atoms with Crippen molar-refractivity contribution < 1.29 is 4.52 Å². The van der Waals surface area contributed by atoms with Gasteiger partial charge in [-0.3, -0.25) is 0 Å². The summed E-state index contributed by atoms with van der Waals surface area (Å²) in [6.45, 7) is 3.11. The quantitative estimate of drug-likeness (QED) is 0.792. The smallest absolute Gasteiger partial charge is 0.142 e. The highest BCUT2D eigenvalue weighted by Gasteiger charge is 2.42. The Hall–Kier alpha value is -0.830. The Morgan fingerprint density at radius 1 is 1.57 bits per heavy atom. The average Bonchev–Trinajstić information content (AvgIpc) is 3.08. The molecule has 0 atom stereocenters. The number of hydrogen-bond acceptors (Lipinski definition) is 3. The normalized spacial score (nSPS) is 23.8. The maximum Gasteiger partial charge on any atom is 0.142 e. The topological polar surface area (TPSA) is 38.1 Å². The van der Waals surface area contributed by atoms with Crippen LogP contribution in [0.4, 0.5) is 0 Å². The molecule has 2 aliphatic carbocycles. The molecule has 2 aliphatic rings. The van der Waals surface area contributed by atoms with E-state index in [9.17, 15) is 0 Å². The third-order valence-corrected chi connectivity index (χ3v) is 3.30. The summed E-state index contributed by atoms with van der Waals surface area (Å²) >= 11 is 0. The van der Waals surface area contributed by atoms with Crippen molar-refractivity contribution in [3.05, 3.63) is 17.5 Å². The van der Waals surface area contributed by atoms with E-state index in [1.807, 2.05) is 0 Å². The van der Waals surface area contributed by atoms with Crippen LogP contribution >= 0.6 is 0 Å². The largest absolute Gasteiger partial charge is 0.361 e. The van der Waals surface area contributed by atoms with Crippen molar-refractivity contribution in [1.29, 1.82) is 0 Å². The lowest BCUT2D eigenvalue weighted by Gasteiger charge is -1.99. The van der Waals surface area contributed by atoms with Crippen LogP contribution < -0.4 is 5.32 Å². The molecule has 0 amide bonds. The van der Waals surface area contributed by atoms with Crippen molar-refractivity contribution in [2.24, 2.45) is 0 Å². The molecule has 3 nitrogen and oxygen atoms in total. The second kappa shape index (κ2) is 2.83. The van der Waals surface area contributed by atoms with Gasteiger partial charge in [-0.05, 0) is 25.7 Å². The summed E-state index contributed by atoms with van der Waals surface area (Å²) in [4.78, 5) is 0. The van der Waals surface area contributed by atoms with Crippen LogP contribution in [-0.4, -0.2) is 11.2 Å². The standard InChI is InChI=1S/C11H16N2O/c1-11(4-5-11)10-6-9(13-14-10)7-12-8-2-3-8/h6,8,12H,2-5,7H2,1H3. The molecule has 0 spiro atoms. The molecule has 1 aromatic rings. The Kier molecular flexibility index (Phi) is 1.71. The van der Waals surface area contributed by atoms with Crippen LogP contribution in [0.5, 0.6) is 0 Å². The molecule has 0 aromatic carbocycles. The molecule has 3 rings (SSSR count). The fraction of sp³-hybridized carbons (Fsp3) is 0.727. The van der Waals surface area contributed by atoms with Gasteiger partial charge in [0.2, 0.25) is 0 Å². The molecule has 2 fully saturated rings. The SMILES string of the molecule is CC1(c2cc(CNC3CC3)no2)CC1. The molecule has 14 heavy (non-hydrogen) atoms. The third kappa shape index (κ3) is 1.57. The van der Waals surface area contributed by atoms with E-state index in [0.29, 0.717) is 5.41 Å². The number of nitrogens with one attached hydrogen (secondary N) is 1. The van der Waals surface area contributed by atoms with Crippen LogP contribution in [0.2, 0.25) is 0 Å². The summed E-state index contributed by atoms with van der Waals surface area (Å²) in [6.07, 6.45) is 5.14. The van der Waals surface area contributed by atoms with Gasteiger partial charge in [0.15, 0.2) is 0 Å². The second-order valence-electron chi connectivity index (χ2n) is 4.90. The highest BCUT2D eigenvalue weighted by Crippen LogP contribution is 2.47. The van der Waals surface area contributed by atoms with E-state index in [1.165, 1.54) is 25.7 Å². The van der Waals surface area contributed by atoms with Gasteiger partial charge in [-0.15, -0.1) is 0 Å². The lowest BCUT2D eigenvalue weighted by atomic mass is 10.1. The first-order valence-corrected chi connectivity index (χ1v) is 5.46. The van der Waals surface area contributed by atoms with Crippen molar-refractivity contribution >= 4 is 0 Å². The molecule has 0 aliphatic heterocycles. The summed E-state index contributed by atoms with van der Waals surface area (Å²) in [5.74, 6) is 1.07. The van der Waals surface area contributed by atoms with Crippen molar-refractivity contribution in [3.8, 4) is 0 Å². The summed E-state index contributed by atoms with van der Waals surface area (Å²) in [5, 5.41) is 7.52. The molecule has 76 valence electrons. The Labute approximate surface area is 83.9 Å². The first-order chi connectivity index (χ1) is 6.76. The first kappa shape index (κ1) is 8.48. The molecular formula is C11H16N2O. The lowest BCUT2D eigenvalue weighted by Crippen LogP contribution is -2.15. The molecule has 0 bridgehead atoms. The van der Waals surface area contributed by atoms with Gasteiger partial charge in [-0.25, -0.2) is 0 Å². The minimum absolute atomic E-state index is 0.310. The Balaban J connectivity index is 1.64. The monoisotopic (exact) mass is 192 g/mol. The van der Waals surface area contributed by atoms with E-state index in [0.717, 1.165) is 24.0 Å². The Morgan fingerprint density at radius 3 is 3.00 bits per heavy atom. The number of rotatable bonds is 4. The van der Waals surface area contributed by atoms with Crippen LogP contribution in [0.1, 0.15) is 44.1 Å². The van der Waals surface area contributed by atoms with Crippen molar-refractivity contribution in [3.63, 3.8) is 0 Å². The summed E-state index contributed by atoms with van der Waals surface area (Å²) < 4.78 is 5.35. The van der Waals surface area contributed by atoms with Gasteiger partial charge in [0, 0.05) is 24.1 Å². The highest BCUT2D eigenvalue weighted by atomic mass is 16.5. The van der Waals surface area contributed by atoms with E-state index < -0.39 is 0 Å². The van der Waals surface area contributed by atoms with E-state index in [2.05, 4.69) is 23.5 Å². The second-order valence-corrected chi connectivity index (χ2v) is 4.90. The van der Waals surface area contributed by atoms with Crippen LogP contribution in [0.3, 0.4) is 0 Å². The number of hydrogen-bond donors (Lipinski definition) is 1. The Morgan fingerprint density at radius 2 is 2.36 bits per heavy atom. The molecule has 0 radical (unpaired) electrons. The van der Waals surface area contributed by atoms with E-state index in [-0.39, 0.29) is 0 Å². The van der Waals surface area contributed by atoms with Crippen LogP contribution in [0, 0.1) is 0 Å². The van der Waals surface area contributed by atoms with Crippen LogP contribution in [0.25, 0.3) is 0 Å². The fourth-order valence-electron chi connectivity index (χ4n) is 1.65. The predicted octanol–water partition coefficient (Wildman–Crippen LogP) is 1.98. The summed E-state index contributed by atoms with van der Waals surface area (Å²) in [7, 11) is 0. The molecule has 3 heteroatoms. The van der Waals surface area contributed by atoms with Crippen molar-refractivity contribution in [1.82, 2.24) is 10.5 Å². The van der Waals surface area contributed by atoms with E-state index in [4.69, 9.17) is 4.52 Å². The zero-order valence-corrected chi connectivity index (χ0v) is 8.55. The molecular weight excluding hydrogens is 176 g/mol. The maximum absolute atomic E-state index is 5.35. The van der Waals surface area contributed by atoms with Gasteiger partial charge in [0.1, 0.15) is 5.76 Å². The van der Waals surface area contributed by atoms with Gasteiger partial charge in [0.25, 0.3) is 0 Å². The molecule has 1 heterocycles. The fourth-order valence-corrected chi connectivity index (χ4v) is 1.65. The maximum atomic E-state index is 5.35. The van der Waals surface area contributed by atoms with Gasteiger partial charge in [-0.1, -0.05) is 12.1 Å². The predicted molar refractivity (Wildman–Crippen MR) is 53.0 cm³/mol. The zero-order valence-electron chi connectivity index (χ0n) is 8.55. The first-order valence-electron chi connectivity index (χ1n) is 5.46. The minimum Gasteiger partial charge on any atom is -0.361 e. The molecule has 0 saturated heterocycles. The molecule has 1 N–H and O–H groups in total. The summed E-state index contributed by atoms with van der Waals surface area (Å²) in [6, 6.07) is 2.86. The van der Waals surface area contributed by atoms with Crippen LogP contribution in [0.15, 0.2) is 10.6 Å². The van der Waals surface area contributed by atoms with Gasteiger partial charge in [-0.2, -0.15) is 0 Å². The van der Waals surface area contributed by atoms with E-state index in [1.54, 1.807) is 0 Å². The van der Waals surface area contributed by atoms with Gasteiger partial charge in [0.05, 0.1) is 5.69 Å². The average molecular weight is 192 g/mol. The minimum atomic E-state index is 0.310. The molecule has 2 saturated carbocycles. The lowest BCUT2D eigenvalue weighted by molar-refractivity contribution is 0.353. The molecule has 1 aromatic heterocycles. The summed E-state index contributed by atoms with van der Waals surface area (Å²) in [5.41, 5.74) is 1.37. The zero-order chi connectivity index (χ0) is 9.60. The van der Waals surface area contributed by atoms with E-state index >= 15 is 0 Å². The van der Waals surface area contributed by atoms with Crippen molar-refractivity contribution in [2.45, 2.75) is 50.6 Å². The van der Waals surface area contributed by atoms with Gasteiger partial charge < -0.3 is 9.84 Å².